The summed E-state index contributed by atoms with van der Waals surface area (Å²) in [5.41, 5.74) is -2.00. The summed E-state index contributed by atoms with van der Waals surface area (Å²) >= 11 is 0. The Morgan fingerprint density at radius 2 is 2.00 bits per heavy atom. The van der Waals surface area contributed by atoms with Crippen molar-refractivity contribution in [3.05, 3.63) is 36.3 Å². The molecule has 0 heterocycles. The van der Waals surface area contributed by atoms with Crippen LogP contribution in [0.2, 0.25) is 0 Å². The van der Waals surface area contributed by atoms with Crippen molar-refractivity contribution in [1.82, 2.24) is 0 Å². The Morgan fingerprint density at radius 1 is 1.43 bits per heavy atom. The lowest BCUT2D eigenvalue weighted by atomic mass is 9.96. The summed E-state index contributed by atoms with van der Waals surface area (Å²) in [6, 6.07) is 2.18. The average molecular weight is 201 g/mol. The summed E-state index contributed by atoms with van der Waals surface area (Å²) < 4.78 is 30.9. The molecule has 0 saturated heterocycles. The van der Waals surface area contributed by atoms with Gasteiger partial charge < -0.3 is 9.84 Å². The molecule has 2 nitrogen and oxygen atoms in total. The van der Waals surface area contributed by atoms with Crippen LogP contribution in [-0.4, -0.2) is 12.2 Å². The molecule has 0 aliphatic heterocycles. The molecule has 4 heteroatoms. The van der Waals surface area contributed by atoms with E-state index < -0.39 is 17.2 Å². The summed E-state index contributed by atoms with van der Waals surface area (Å²) in [6.45, 7) is 4.58. The molecule has 1 radical (unpaired) electrons. The first kappa shape index (κ1) is 10.9. The topological polar surface area (TPSA) is 29.5 Å². The first-order chi connectivity index (χ1) is 6.38. The van der Waals surface area contributed by atoms with E-state index in [1.165, 1.54) is 20.1 Å². The SMILES string of the molecule is [CH2]C(C)(O)c1c(OC)ccc(F)c1F. The van der Waals surface area contributed by atoms with Gasteiger partial charge in [0, 0.05) is 0 Å². The van der Waals surface area contributed by atoms with Gasteiger partial charge in [-0.05, 0) is 26.0 Å². The summed E-state index contributed by atoms with van der Waals surface area (Å²) in [6.07, 6.45) is 0. The number of methoxy groups -OCH3 is 1. The van der Waals surface area contributed by atoms with Crippen LogP contribution in [0.25, 0.3) is 0 Å². The molecule has 0 saturated carbocycles. The van der Waals surface area contributed by atoms with Crippen LogP contribution in [0, 0.1) is 18.6 Å². The predicted molar refractivity (Wildman–Crippen MR) is 47.8 cm³/mol. The van der Waals surface area contributed by atoms with Crippen LogP contribution in [0.3, 0.4) is 0 Å². The van der Waals surface area contributed by atoms with Crippen molar-refractivity contribution in [2.45, 2.75) is 12.5 Å². The Balaban J connectivity index is 3.44. The molecule has 1 unspecified atom stereocenters. The molecule has 1 N–H and O–H groups in total. The zero-order chi connectivity index (χ0) is 10.9. The van der Waals surface area contributed by atoms with Crippen LogP contribution in [-0.2, 0) is 5.60 Å². The Labute approximate surface area is 81.1 Å². The van der Waals surface area contributed by atoms with E-state index in [4.69, 9.17) is 4.74 Å². The molecule has 14 heavy (non-hydrogen) atoms. The second-order valence-electron chi connectivity index (χ2n) is 3.21. The molecule has 77 valence electrons. The highest BCUT2D eigenvalue weighted by atomic mass is 19.2. The Morgan fingerprint density at radius 3 is 2.43 bits per heavy atom. The highest BCUT2D eigenvalue weighted by Crippen LogP contribution is 2.32. The number of rotatable bonds is 2. The van der Waals surface area contributed by atoms with Crippen LogP contribution >= 0.6 is 0 Å². The third kappa shape index (κ3) is 1.85. The van der Waals surface area contributed by atoms with Gasteiger partial charge in [-0.1, -0.05) is 0 Å². The lowest BCUT2D eigenvalue weighted by molar-refractivity contribution is 0.0990. The fourth-order valence-corrected chi connectivity index (χ4v) is 1.20. The number of aliphatic hydroxyl groups is 1. The van der Waals surface area contributed by atoms with E-state index >= 15 is 0 Å². The molecule has 0 amide bonds. The lowest BCUT2D eigenvalue weighted by Crippen LogP contribution is -2.20. The molecule has 0 aliphatic carbocycles. The van der Waals surface area contributed by atoms with Gasteiger partial charge in [0.2, 0.25) is 0 Å². The Kier molecular flexibility index (Phi) is 2.76. The molecule has 1 rings (SSSR count). The van der Waals surface area contributed by atoms with Crippen molar-refractivity contribution >= 4 is 0 Å². The van der Waals surface area contributed by atoms with E-state index in [0.29, 0.717) is 0 Å². The zero-order valence-corrected chi connectivity index (χ0v) is 7.97. The fraction of sp³-hybridized carbons (Fsp3) is 0.300. The minimum absolute atomic E-state index is 0.0731. The van der Waals surface area contributed by atoms with Crippen molar-refractivity contribution in [3.63, 3.8) is 0 Å². The van der Waals surface area contributed by atoms with Gasteiger partial charge in [-0.25, -0.2) is 8.78 Å². The Bertz CT molecular complexity index is 343. The van der Waals surface area contributed by atoms with E-state index in [9.17, 15) is 13.9 Å². The van der Waals surface area contributed by atoms with Crippen LogP contribution in [0.1, 0.15) is 12.5 Å². The molecule has 0 spiro atoms. The van der Waals surface area contributed by atoms with Crippen LogP contribution < -0.4 is 4.74 Å². The number of hydrogen-bond donors (Lipinski definition) is 1. The van der Waals surface area contributed by atoms with Crippen LogP contribution in [0.15, 0.2) is 12.1 Å². The highest BCUT2D eigenvalue weighted by Gasteiger charge is 2.27. The van der Waals surface area contributed by atoms with E-state index in [-0.39, 0.29) is 11.3 Å². The van der Waals surface area contributed by atoms with Crippen molar-refractivity contribution in [1.29, 1.82) is 0 Å². The average Bonchev–Trinajstić information content (AvgIpc) is 2.07. The standard InChI is InChI=1S/C10H11F2O2/c1-10(2,13)8-7(14-3)5-4-6(11)9(8)12/h4-5,13H,1H2,2-3H3. The smallest absolute Gasteiger partial charge is 0.168 e. The van der Waals surface area contributed by atoms with Gasteiger partial charge in [0.05, 0.1) is 18.3 Å². The first-order valence-electron chi connectivity index (χ1n) is 3.98. The van der Waals surface area contributed by atoms with Crippen LogP contribution in [0.5, 0.6) is 5.75 Å². The molecule has 0 bridgehead atoms. The van der Waals surface area contributed by atoms with E-state index in [2.05, 4.69) is 6.92 Å². The van der Waals surface area contributed by atoms with Crippen LogP contribution in [0.4, 0.5) is 8.78 Å². The molecule has 1 atom stereocenters. The minimum atomic E-state index is -1.72. The van der Waals surface area contributed by atoms with Gasteiger partial charge in [-0.2, -0.15) is 0 Å². The minimum Gasteiger partial charge on any atom is -0.496 e. The molecule has 1 aromatic carbocycles. The molecule has 0 aromatic heterocycles. The van der Waals surface area contributed by atoms with Crippen molar-refractivity contribution < 1.29 is 18.6 Å². The van der Waals surface area contributed by atoms with Gasteiger partial charge in [-0.15, -0.1) is 0 Å². The van der Waals surface area contributed by atoms with Gasteiger partial charge in [-0.3, -0.25) is 0 Å². The first-order valence-corrected chi connectivity index (χ1v) is 3.98. The number of ether oxygens (including phenoxy) is 1. The maximum absolute atomic E-state index is 13.3. The third-order valence-corrected chi connectivity index (χ3v) is 1.82. The lowest BCUT2D eigenvalue weighted by Gasteiger charge is -2.21. The van der Waals surface area contributed by atoms with Gasteiger partial charge in [0.1, 0.15) is 5.75 Å². The Hall–Kier alpha value is -1.16. The molecule has 0 aliphatic rings. The number of hydrogen-bond acceptors (Lipinski definition) is 2. The molecular formula is C10H11F2O2. The zero-order valence-electron chi connectivity index (χ0n) is 7.97. The summed E-state index contributed by atoms with van der Waals surface area (Å²) in [7, 11) is 1.31. The largest absolute Gasteiger partial charge is 0.496 e. The van der Waals surface area contributed by atoms with Gasteiger partial charge in [0.15, 0.2) is 11.6 Å². The summed E-state index contributed by atoms with van der Waals surface area (Å²) in [5.74, 6) is -2.10. The van der Waals surface area contributed by atoms with Crippen molar-refractivity contribution in [2.24, 2.45) is 0 Å². The van der Waals surface area contributed by atoms with E-state index in [1.54, 1.807) is 0 Å². The number of halogens is 2. The number of benzene rings is 1. The predicted octanol–water partition coefficient (Wildman–Crippen LogP) is 2.01. The monoisotopic (exact) mass is 201 g/mol. The summed E-state index contributed by atoms with van der Waals surface area (Å²) in [4.78, 5) is 0. The van der Waals surface area contributed by atoms with E-state index in [0.717, 1.165) is 6.07 Å². The van der Waals surface area contributed by atoms with Crippen molar-refractivity contribution in [2.75, 3.05) is 7.11 Å². The van der Waals surface area contributed by atoms with Crippen molar-refractivity contribution in [3.8, 4) is 5.75 Å². The van der Waals surface area contributed by atoms with Gasteiger partial charge >= 0.3 is 0 Å². The normalized spacial score (nSPS) is 11.6. The maximum Gasteiger partial charge on any atom is 0.168 e. The fourth-order valence-electron chi connectivity index (χ4n) is 1.20. The van der Waals surface area contributed by atoms with Gasteiger partial charge in [0.25, 0.3) is 0 Å². The third-order valence-electron chi connectivity index (χ3n) is 1.82. The quantitative estimate of drug-likeness (QED) is 0.793. The highest BCUT2D eigenvalue weighted by molar-refractivity contribution is 5.40. The second-order valence-corrected chi connectivity index (χ2v) is 3.21. The second kappa shape index (κ2) is 3.53. The molecular weight excluding hydrogens is 190 g/mol. The molecule has 1 aromatic rings. The van der Waals surface area contributed by atoms with E-state index in [1.807, 2.05) is 0 Å². The maximum atomic E-state index is 13.3. The summed E-state index contributed by atoms with van der Waals surface area (Å²) in [5, 5.41) is 9.51. The molecule has 0 fully saturated rings.